The highest BCUT2D eigenvalue weighted by atomic mass is 32.1. The van der Waals surface area contributed by atoms with Gasteiger partial charge < -0.3 is 5.32 Å². The number of aromatic nitrogens is 1. The molecule has 0 saturated carbocycles. The predicted octanol–water partition coefficient (Wildman–Crippen LogP) is 1.89. The lowest BCUT2D eigenvalue weighted by Crippen LogP contribution is -2.56. The zero-order valence-corrected chi connectivity index (χ0v) is 11.0. The highest BCUT2D eigenvalue weighted by Crippen LogP contribution is 2.15. The van der Waals surface area contributed by atoms with Crippen LogP contribution in [-0.2, 0) is 13.0 Å². The van der Waals surface area contributed by atoms with Crippen molar-refractivity contribution >= 4 is 11.3 Å². The fourth-order valence-corrected chi connectivity index (χ4v) is 2.88. The van der Waals surface area contributed by atoms with Crippen molar-refractivity contribution in [1.29, 1.82) is 0 Å². The molecular weight excluding hydrogens is 218 g/mol. The number of hydrogen-bond acceptors (Lipinski definition) is 4. The van der Waals surface area contributed by atoms with Crippen molar-refractivity contribution in [1.82, 2.24) is 15.2 Å². The lowest BCUT2D eigenvalue weighted by molar-refractivity contribution is 0.144. The van der Waals surface area contributed by atoms with Crippen LogP contribution in [0.15, 0.2) is 5.38 Å². The molecule has 1 N–H and O–H groups in total. The molecule has 0 spiro atoms. The third-order valence-corrected chi connectivity index (χ3v) is 4.07. The number of nitrogens with zero attached hydrogens (tertiary/aromatic N) is 2. The lowest BCUT2D eigenvalue weighted by Gasteiger charge is -2.37. The van der Waals surface area contributed by atoms with Gasteiger partial charge in [-0.1, -0.05) is 13.8 Å². The molecule has 4 heteroatoms. The zero-order chi connectivity index (χ0) is 11.4. The first kappa shape index (κ1) is 12.0. The van der Waals surface area contributed by atoms with Crippen LogP contribution < -0.4 is 5.32 Å². The topological polar surface area (TPSA) is 28.2 Å². The van der Waals surface area contributed by atoms with E-state index in [1.165, 1.54) is 17.1 Å². The van der Waals surface area contributed by atoms with Crippen molar-refractivity contribution in [3.63, 3.8) is 0 Å². The first-order chi connectivity index (χ1) is 7.83. The normalized spacial score (nSPS) is 16.7. The molecule has 1 aliphatic heterocycles. The van der Waals surface area contributed by atoms with E-state index >= 15 is 0 Å². The molecule has 1 aliphatic rings. The molecule has 90 valence electrons. The van der Waals surface area contributed by atoms with E-state index in [0.717, 1.165) is 38.6 Å². The molecule has 2 heterocycles. The first-order valence-electron chi connectivity index (χ1n) is 6.21. The zero-order valence-electron chi connectivity index (χ0n) is 10.2. The van der Waals surface area contributed by atoms with Gasteiger partial charge in [0, 0.05) is 31.1 Å². The van der Waals surface area contributed by atoms with Crippen molar-refractivity contribution in [2.24, 2.45) is 0 Å². The van der Waals surface area contributed by atoms with Crippen molar-refractivity contribution in [3.8, 4) is 0 Å². The molecular formula is C12H21N3S. The summed E-state index contributed by atoms with van der Waals surface area (Å²) >= 11 is 1.81. The Bertz CT molecular complexity index is 320. The highest BCUT2D eigenvalue weighted by molar-refractivity contribution is 7.09. The van der Waals surface area contributed by atoms with Gasteiger partial charge in [-0.2, -0.15) is 0 Å². The Hall–Kier alpha value is -0.450. The fraction of sp³-hybridized carbons (Fsp3) is 0.750. The van der Waals surface area contributed by atoms with E-state index in [4.69, 9.17) is 0 Å². The van der Waals surface area contributed by atoms with E-state index in [9.17, 15) is 0 Å². The summed E-state index contributed by atoms with van der Waals surface area (Å²) in [5, 5.41) is 6.84. The van der Waals surface area contributed by atoms with Gasteiger partial charge in [-0.25, -0.2) is 4.98 Å². The van der Waals surface area contributed by atoms with E-state index < -0.39 is 0 Å². The first-order valence-corrected chi connectivity index (χ1v) is 7.09. The second kappa shape index (κ2) is 5.75. The third kappa shape index (κ3) is 2.81. The Morgan fingerprint density at radius 1 is 1.50 bits per heavy atom. The third-order valence-electron chi connectivity index (χ3n) is 3.11. The average Bonchev–Trinajstić information content (AvgIpc) is 2.62. The van der Waals surface area contributed by atoms with Gasteiger partial charge in [0.05, 0.1) is 10.7 Å². The van der Waals surface area contributed by atoms with Gasteiger partial charge in [0.1, 0.15) is 0 Å². The van der Waals surface area contributed by atoms with Gasteiger partial charge in [-0.3, -0.25) is 4.90 Å². The van der Waals surface area contributed by atoms with Crippen LogP contribution in [0.3, 0.4) is 0 Å². The molecule has 0 radical (unpaired) electrons. The predicted molar refractivity (Wildman–Crippen MR) is 68.9 cm³/mol. The van der Waals surface area contributed by atoms with Crippen molar-refractivity contribution in [2.45, 2.75) is 39.3 Å². The second-order valence-corrected chi connectivity index (χ2v) is 5.30. The Balaban J connectivity index is 1.90. The van der Waals surface area contributed by atoms with Crippen LogP contribution in [0.1, 0.15) is 31.0 Å². The summed E-state index contributed by atoms with van der Waals surface area (Å²) in [5.74, 6) is 0. The molecule has 1 fully saturated rings. The minimum absolute atomic E-state index is 0.723. The number of rotatable bonds is 6. The van der Waals surface area contributed by atoms with Gasteiger partial charge in [0.25, 0.3) is 0 Å². The second-order valence-electron chi connectivity index (χ2n) is 4.36. The van der Waals surface area contributed by atoms with Crippen molar-refractivity contribution < 1.29 is 0 Å². The van der Waals surface area contributed by atoms with Crippen LogP contribution in [0.2, 0.25) is 0 Å². The van der Waals surface area contributed by atoms with Gasteiger partial charge in [0.15, 0.2) is 0 Å². The molecule has 1 aromatic heterocycles. The van der Waals surface area contributed by atoms with Gasteiger partial charge in [-0.15, -0.1) is 11.3 Å². The van der Waals surface area contributed by atoms with Crippen molar-refractivity contribution in [2.75, 3.05) is 19.6 Å². The maximum atomic E-state index is 4.68. The summed E-state index contributed by atoms with van der Waals surface area (Å²) in [6.07, 6.45) is 2.32. The number of nitrogens with one attached hydrogen (secondary N) is 1. The van der Waals surface area contributed by atoms with Gasteiger partial charge in [-0.05, 0) is 19.4 Å². The number of thiazole rings is 1. The molecule has 16 heavy (non-hydrogen) atoms. The highest BCUT2D eigenvalue weighted by Gasteiger charge is 2.23. The summed E-state index contributed by atoms with van der Waals surface area (Å²) in [4.78, 5) is 7.20. The van der Waals surface area contributed by atoms with E-state index in [2.05, 4.69) is 34.4 Å². The maximum Gasteiger partial charge on any atom is 0.0928 e. The van der Waals surface area contributed by atoms with Crippen LogP contribution >= 0.6 is 11.3 Å². The summed E-state index contributed by atoms with van der Waals surface area (Å²) in [5.41, 5.74) is 1.25. The van der Waals surface area contributed by atoms with E-state index in [1.807, 2.05) is 11.3 Å². The molecule has 3 nitrogen and oxygen atoms in total. The monoisotopic (exact) mass is 239 g/mol. The Morgan fingerprint density at radius 2 is 2.31 bits per heavy atom. The SMILES string of the molecule is CCCc1nc(CN(CC)C2CNC2)cs1. The van der Waals surface area contributed by atoms with Crippen LogP contribution in [-0.4, -0.2) is 35.6 Å². The smallest absolute Gasteiger partial charge is 0.0928 e. The maximum absolute atomic E-state index is 4.68. The fourth-order valence-electron chi connectivity index (χ4n) is 1.99. The van der Waals surface area contributed by atoms with Gasteiger partial charge in [0.2, 0.25) is 0 Å². The Morgan fingerprint density at radius 3 is 2.88 bits per heavy atom. The van der Waals surface area contributed by atoms with Crippen molar-refractivity contribution in [3.05, 3.63) is 16.1 Å². The number of likely N-dealkylation sites (N-methyl/N-ethyl adjacent to an activating group) is 1. The molecule has 0 aliphatic carbocycles. The Kier molecular flexibility index (Phi) is 4.32. The molecule has 0 bridgehead atoms. The standard InChI is InChI=1S/C12H21N3S/c1-3-5-12-14-10(9-16-12)8-15(4-2)11-6-13-7-11/h9,11,13H,3-8H2,1-2H3. The lowest BCUT2D eigenvalue weighted by atomic mass is 10.1. The van der Waals surface area contributed by atoms with Crippen LogP contribution in [0.4, 0.5) is 0 Å². The Labute approximate surface area is 102 Å². The summed E-state index contributed by atoms with van der Waals surface area (Å²) < 4.78 is 0. The van der Waals surface area contributed by atoms with E-state index in [-0.39, 0.29) is 0 Å². The average molecular weight is 239 g/mol. The molecule has 1 aromatic rings. The molecule has 0 atom stereocenters. The van der Waals surface area contributed by atoms with Crippen LogP contribution in [0.25, 0.3) is 0 Å². The van der Waals surface area contributed by atoms with E-state index in [0.29, 0.717) is 0 Å². The summed E-state index contributed by atoms with van der Waals surface area (Å²) in [7, 11) is 0. The van der Waals surface area contributed by atoms with Gasteiger partial charge >= 0.3 is 0 Å². The van der Waals surface area contributed by atoms with Crippen LogP contribution in [0.5, 0.6) is 0 Å². The van der Waals surface area contributed by atoms with Crippen LogP contribution in [0, 0.1) is 0 Å². The quantitative estimate of drug-likeness (QED) is 0.821. The summed E-state index contributed by atoms with van der Waals surface area (Å²) in [6, 6.07) is 0.723. The number of aryl methyl sites for hydroxylation is 1. The largest absolute Gasteiger partial charge is 0.314 e. The molecule has 2 rings (SSSR count). The number of hydrogen-bond donors (Lipinski definition) is 1. The van der Waals surface area contributed by atoms with E-state index in [1.54, 1.807) is 0 Å². The molecule has 0 amide bonds. The minimum atomic E-state index is 0.723. The minimum Gasteiger partial charge on any atom is -0.314 e. The summed E-state index contributed by atoms with van der Waals surface area (Å²) in [6.45, 7) is 8.85. The molecule has 0 aromatic carbocycles. The molecule has 1 saturated heterocycles. The molecule has 0 unspecified atom stereocenters.